The second kappa shape index (κ2) is 7.03. The highest BCUT2D eigenvalue weighted by molar-refractivity contribution is 9.10. The van der Waals surface area contributed by atoms with Gasteiger partial charge in [-0.05, 0) is 47.1 Å². The van der Waals surface area contributed by atoms with Gasteiger partial charge in [0.25, 0.3) is 0 Å². The van der Waals surface area contributed by atoms with Crippen molar-refractivity contribution in [2.45, 2.75) is 19.9 Å². The van der Waals surface area contributed by atoms with Crippen LogP contribution in [0.3, 0.4) is 0 Å². The molecule has 3 nitrogen and oxygen atoms in total. The van der Waals surface area contributed by atoms with E-state index in [2.05, 4.69) is 50.7 Å². The number of pyridine rings is 1. The second-order valence-corrected chi connectivity index (χ2v) is 5.90. The van der Waals surface area contributed by atoms with Crippen LogP contribution in [0, 0.1) is 0 Å². The van der Waals surface area contributed by atoms with Gasteiger partial charge in [-0.15, -0.1) is 11.3 Å². The summed E-state index contributed by atoms with van der Waals surface area (Å²) in [4.78, 5) is 5.53. The van der Waals surface area contributed by atoms with Crippen LogP contribution in [0.5, 0.6) is 5.75 Å². The highest BCUT2D eigenvalue weighted by atomic mass is 79.9. The summed E-state index contributed by atoms with van der Waals surface area (Å²) in [5, 5.41) is 5.59. The first kappa shape index (κ1) is 14.5. The molecule has 0 radical (unpaired) electrons. The first-order valence-corrected chi connectivity index (χ1v) is 7.97. The molecule has 0 saturated carbocycles. The molecular weight excluding hydrogens is 324 g/mol. The highest BCUT2D eigenvalue weighted by Gasteiger charge is 2.16. The minimum absolute atomic E-state index is 0.161. The lowest BCUT2D eigenvalue weighted by molar-refractivity contribution is 0.338. The lowest BCUT2D eigenvalue weighted by atomic mass is 10.1. The lowest BCUT2D eigenvalue weighted by Crippen LogP contribution is -2.21. The zero-order valence-corrected chi connectivity index (χ0v) is 13.4. The summed E-state index contributed by atoms with van der Waals surface area (Å²) in [5.41, 5.74) is 1.13. The quantitative estimate of drug-likeness (QED) is 0.862. The van der Waals surface area contributed by atoms with Crippen molar-refractivity contribution in [2.24, 2.45) is 0 Å². The maximum absolute atomic E-state index is 5.52. The number of rotatable bonds is 6. The van der Waals surface area contributed by atoms with E-state index in [4.69, 9.17) is 4.74 Å². The molecule has 5 heteroatoms. The maximum atomic E-state index is 5.52. The molecule has 0 fully saturated rings. The average Bonchev–Trinajstić information content (AvgIpc) is 2.83. The van der Waals surface area contributed by atoms with Crippen molar-refractivity contribution in [3.63, 3.8) is 0 Å². The van der Waals surface area contributed by atoms with Gasteiger partial charge in [0.1, 0.15) is 5.75 Å². The Hall–Kier alpha value is -0.910. The molecule has 2 heterocycles. The molecule has 1 N–H and O–H groups in total. The summed E-state index contributed by atoms with van der Waals surface area (Å²) in [7, 11) is 0. The standard InChI is InChI=1S/C14H17BrN2OS/c1-3-17-14(13-6-11(15)9-19-13)10-5-12(18-4-2)8-16-7-10/h5-9,14,17H,3-4H2,1-2H3. The van der Waals surface area contributed by atoms with E-state index in [1.165, 1.54) is 4.88 Å². The predicted octanol–water partition coefficient (Wildman–Crippen LogP) is 4.00. The van der Waals surface area contributed by atoms with Gasteiger partial charge >= 0.3 is 0 Å². The molecule has 0 bridgehead atoms. The van der Waals surface area contributed by atoms with Crippen molar-refractivity contribution in [2.75, 3.05) is 13.2 Å². The van der Waals surface area contributed by atoms with E-state index in [9.17, 15) is 0 Å². The molecule has 0 amide bonds. The Bertz CT molecular complexity index is 530. The van der Waals surface area contributed by atoms with E-state index in [1.54, 1.807) is 17.5 Å². The van der Waals surface area contributed by atoms with Crippen molar-refractivity contribution >= 4 is 27.3 Å². The topological polar surface area (TPSA) is 34.2 Å². The summed E-state index contributed by atoms with van der Waals surface area (Å²) in [5.74, 6) is 0.818. The largest absolute Gasteiger partial charge is 0.492 e. The van der Waals surface area contributed by atoms with Crippen LogP contribution in [0.25, 0.3) is 0 Å². The number of halogens is 1. The van der Waals surface area contributed by atoms with Crippen LogP contribution in [-0.2, 0) is 0 Å². The molecule has 2 aromatic heterocycles. The number of nitrogens with one attached hydrogen (secondary N) is 1. The van der Waals surface area contributed by atoms with E-state index in [-0.39, 0.29) is 6.04 Å². The Morgan fingerprint density at radius 2 is 2.21 bits per heavy atom. The molecule has 19 heavy (non-hydrogen) atoms. The van der Waals surface area contributed by atoms with Crippen molar-refractivity contribution < 1.29 is 4.74 Å². The number of hydrogen-bond acceptors (Lipinski definition) is 4. The molecule has 2 aromatic rings. The van der Waals surface area contributed by atoms with Crippen LogP contribution in [0.1, 0.15) is 30.3 Å². The molecule has 0 aliphatic heterocycles. The fourth-order valence-electron chi connectivity index (χ4n) is 1.91. The van der Waals surface area contributed by atoms with Crippen LogP contribution in [0.15, 0.2) is 34.4 Å². The van der Waals surface area contributed by atoms with E-state index in [0.717, 1.165) is 22.3 Å². The smallest absolute Gasteiger partial charge is 0.137 e. The molecule has 0 saturated heterocycles. The zero-order chi connectivity index (χ0) is 13.7. The molecule has 1 unspecified atom stereocenters. The summed E-state index contributed by atoms with van der Waals surface area (Å²) >= 11 is 5.24. The summed E-state index contributed by atoms with van der Waals surface area (Å²) in [6.45, 7) is 5.64. The molecule has 0 aromatic carbocycles. The zero-order valence-electron chi connectivity index (χ0n) is 11.0. The number of nitrogens with zero attached hydrogens (tertiary/aromatic N) is 1. The Balaban J connectivity index is 2.30. The van der Waals surface area contributed by atoms with Gasteiger partial charge in [0, 0.05) is 20.9 Å². The molecule has 0 aliphatic rings. The normalized spacial score (nSPS) is 12.4. The molecule has 0 aliphatic carbocycles. The highest BCUT2D eigenvalue weighted by Crippen LogP contribution is 2.30. The van der Waals surface area contributed by atoms with Crippen LogP contribution in [0.4, 0.5) is 0 Å². The van der Waals surface area contributed by atoms with Crippen molar-refractivity contribution in [3.8, 4) is 5.75 Å². The van der Waals surface area contributed by atoms with Gasteiger partial charge in [0.05, 0.1) is 18.8 Å². The first-order chi connectivity index (χ1) is 9.24. The number of thiophene rings is 1. The molecular formula is C14H17BrN2OS. The van der Waals surface area contributed by atoms with Gasteiger partial charge in [-0.2, -0.15) is 0 Å². The number of aromatic nitrogens is 1. The van der Waals surface area contributed by atoms with Gasteiger partial charge in [0.2, 0.25) is 0 Å². The third-order valence-electron chi connectivity index (χ3n) is 2.66. The van der Waals surface area contributed by atoms with Crippen molar-refractivity contribution in [1.29, 1.82) is 0 Å². The third-order valence-corrected chi connectivity index (χ3v) is 4.42. The Kier molecular flexibility index (Phi) is 5.36. The molecule has 2 rings (SSSR count). The third kappa shape index (κ3) is 3.78. The van der Waals surface area contributed by atoms with Gasteiger partial charge < -0.3 is 10.1 Å². The second-order valence-electron chi connectivity index (χ2n) is 4.04. The fourth-order valence-corrected chi connectivity index (χ4v) is 3.45. The average molecular weight is 341 g/mol. The van der Waals surface area contributed by atoms with Crippen LogP contribution in [-0.4, -0.2) is 18.1 Å². The van der Waals surface area contributed by atoms with Crippen molar-refractivity contribution in [1.82, 2.24) is 10.3 Å². The van der Waals surface area contributed by atoms with E-state index >= 15 is 0 Å². The van der Waals surface area contributed by atoms with Crippen LogP contribution in [0.2, 0.25) is 0 Å². The predicted molar refractivity (Wildman–Crippen MR) is 82.9 cm³/mol. The van der Waals surface area contributed by atoms with E-state index in [0.29, 0.717) is 6.61 Å². The Morgan fingerprint density at radius 1 is 1.37 bits per heavy atom. The Labute approximate surface area is 126 Å². The first-order valence-electron chi connectivity index (χ1n) is 6.29. The van der Waals surface area contributed by atoms with E-state index < -0.39 is 0 Å². The minimum atomic E-state index is 0.161. The minimum Gasteiger partial charge on any atom is -0.492 e. The molecule has 1 atom stereocenters. The van der Waals surface area contributed by atoms with Crippen LogP contribution < -0.4 is 10.1 Å². The number of ether oxygens (including phenoxy) is 1. The van der Waals surface area contributed by atoms with Gasteiger partial charge in [-0.25, -0.2) is 0 Å². The van der Waals surface area contributed by atoms with Gasteiger partial charge in [-0.1, -0.05) is 6.92 Å². The number of hydrogen-bond donors (Lipinski definition) is 1. The fraction of sp³-hybridized carbons (Fsp3) is 0.357. The maximum Gasteiger partial charge on any atom is 0.137 e. The van der Waals surface area contributed by atoms with E-state index in [1.807, 2.05) is 13.1 Å². The van der Waals surface area contributed by atoms with Gasteiger partial charge in [-0.3, -0.25) is 4.98 Å². The summed E-state index contributed by atoms with van der Waals surface area (Å²) in [6.07, 6.45) is 3.64. The lowest BCUT2D eigenvalue weighted by Gasteiger charge is -2.17. The summed E-state index contributed by atoms with van der Waals surface area (Å²) in [6, 6.07) is 4.36. The molecule has 0 spiro atoms. The van der Waals surface area contributed by atoms with Crippen molar-refractivity contribution in [3.05, 3.63) is 44.8 Å². The van der Waals surface area contributed by atoms with Crippen LogP contribution >= 0.6 is 27.3 Å². The Morgan fingerprint density at radius 3 is 2.84 bits per heavy atom. The van der Waals surface area contributed by atoms with Gasteiger partial charge in [0.15, 0.2) is 0 Å². The SMILES string of the molecule is CCNC(c1cncc(OCC)c1)c1cc(Br)cs1. The monoisotopic (exact) mass is 340 g/mol. The summed E-state index contributed by atoms with van der Waals surface area (Å²) < 4.78 is 6.63. The molecule has 102 valence electrons.